The summed E-state index contributed by atoms with van der Waals surface area (Å²) in [6, 6.07) is 10.7. The second kappa shape index (κ2) is 12.9. The maximum atomic E-state index is 15.2. The lowest BCUT2D eigenvalue weighted by molar-refractivity contribution is 0.196. The van der Waals surface area contributed by atoms with Gasteiger partial charge in [0.15, 0.2) is 5.82 Å². The van der Waals surface area contributed by atoms with Crippen LogP contribution in [0.2, 0.25) is 0 Å². The number of hydrogen-bond acceptors (Lipinski definition) is 6. The van der Waals surface area contributed by atoms with Crippen molar-refractivity contribution in [2.24, 2.45) is 5.92 Å². The zero-order valence-electron chi connectivity index (χ0n) is 25.3. The summed E-state index contributed by atoms with van der Waals surface area (Å²) in [6.07, 6.45) is 15.9. The smallest absolute Gasteiger partial charge is 0.228 e. The van der Waals surface area contributed by atoms with Gasteiger partial charge in [0.25, 0.3) is 0 Å². The maximum absolute atomic E-state index is 15.2. The number of anilines is 2. The molecule has 0 spiro atoms. The molecule has 3 heterocycles. The second-order valence-corrected chi connectivity index (χ2v) is 12.2. The van der Waals surface area contributed by atoms with E-state index in [2.05, 4.69) is 49.6 Å². The molecule has 2 aliphatic rings. The minimum atomic E-state index is -0.315. The molecular formula is C34H44FN7. The number of hydrogen-bond donors (Lipinski definition) is 1. The molecule has 2 unspecified atom stereocenters. The van der Waals surface area contributed by atoms with Crippen LogP contribution in [0.15, 0.2) is 42.7 Å². The zero-order chi connectivity index (χ0) is 29.1. The van der Waals surface area contributed by atoms with Crippen LogP contribution >= 0.6 is 0 Å². The van der Waals surface area contributed by atoms with E-state index in [0.717, 1.165) is 61.2 Å². The number of rotatable bonds is 9. The Morgan fingerprint density at radius 1 is 0.929 bits per heavy atom. The predicted molar refractivity (Wildman–Crippen MR) is 167 cm³/mol. The third-order valence-corrected chi connectivity index (χ3v) is 9.54. The minimum absolute atomic E-state index is 0.315. The van der Waals surface area contributed by atoms with Gasteiger partial charge in [-0.25, -0.2) is 24.3 Å². The first kappa shape index (κ1) is 28.7. The molecule has 0 radical (unpaired) electrons. The Bertz CT molecular complexity index is 1490. The van der Waals surface area contributed by atoms with Crippen molar-refractivity contribution >= 4 is 22.8 Å². The first-order valence-electron chi connectivity index (χ1n) is 16.0. The van der Waals surface area contributed by atoms with Crippen molar-refractivity contribution in [2.45, 2.75) is 97.1 Å². The number of benzene rings is 1. The van der Waals surface area contributed by atoms with Gasteiger partial charge in [0.2, 0.25) is 5.95 Å². The van der Waals surface area contributed by atoms with Crippen LogP contribution < -0.4 is 5.32 Å². The molecule has 8 heteroatoms. The molecule has 222 valence electrons. The average Bonchev–Trinajstić information content (AvgIpc) is 3.57. The summed E-state index contributed by atoms with van der Waals surface area (Å²) in [5, 5.41) is 3.25. The summed E-state index contributed by atoms with van der Waals surface area (Å²) in [6.45, 7) is 8.83. The lowest BCUT2D eigenvalue weighted by Crippen LogP contribution is -2.34. The number of aryl methyl sites for hydroxylation is 1. The third-order valence-electron chi connectivity index (χ3n) is 9.54. The predicted octanol–water partition coefficient (Wildman–Crippen LogP) is 8.03. The van der Waals surface area contributed by atoms with Gasteiger partial charge in [-0.2, -0.15) is 0 Å². The molecule has 0 saturated heterocycles. The quantitative estimate of drug-likeness (QED) is 0.206. The van der Waals surface area contributed by atoms with Gasteiger partial charge >= 0.3 is 0 Å². The van der Waals surface area contributed by atoms with Gasteiger partial charge < -0.3 is 14.8 Å². The van der Waals surface area contributed by atoms with E-state index in [1.54, 1.807) is 6.20 Å². The third kappa shape index (κ3) is 6.19. The Balaban J connectivity index is 1.14. The topological polar surface area (TPSA) is 71.8 Å². The summed E-state index contributed by atoms with van der Waals surface area (Å²) >= 11 is 0. The van der Waals surface area contributed by atoms with E-state index >= 15 is 4.39 Å². The van der Waals surface area contributed by atoms with Crippen molar-refractivity contribution in [1.82, 2.24) is 29.4 Å². The van der Waals surface area contributed by atoms with Gasteiger partial charge in [0.05, 0.1) is 11.2 Å². The molecular weight excluding hydrogens is 525 g/mol. The number of imidazole rings is 1. The number of halogens is 1. The van der Waals surface area contributed by atoms with Crippen molar-refractivity contribution in [3.63, 3.8) is 0 Å². The SMILES string of the molecule is CCN(CC)C1CCCC(Cc2ccc(Nc3nccc(-c4cc(F)c5nc(C)n(C6CCCC6)c5c4)n3)nc2)CC1. The number of pyridine rings is 1. The molecule has 42 heavy (non-hydrogen) atoms. The van der Waals surface area contributed by atoms with Gasteiger partial charge in [-0.15, -0.1) is 0 Å². The molecule has 7 nitrogen and oxygen atoms in total. The van der Waals surface area contributed by atoms with E-state index in [1.165, 1.54) is 56.6 Å². The minimum Gasteiger partial charge on any atom is -0.325 e. The van der Waals surface area contributed by atoms with E-state index < -0.39 is 0 Å². The van der Waals surface area contributed by atoms with Crippen molar-refractivity contribution < 1.29 is 4.39 Å². The number of fused-ring (bicyclic) bond motifs is 1. The average molecular weight is 570 g/mol. The summed E-state index contributed by atoms with van der Waals surface area (Å²) in [5.74, 6) is 2.42. The Hall–Kier alpha value is -3.39. The van der Waals surface area contributed by atoms with Gasteiger partial charge in [0, 0.05) is 30.0 Å². The lowest BCUT2D eigenvalue weighted by atomic mass is 9.93. The first-order chi connectivity index (χ1) is 20.5. The van der Waals surface area contributed by atoms with Crippen LogP contribution in [0.5, 0.6) is 0 Å². The van der Waals surface area contributed by atoms with E-state index in [1.807, 2.05) is 31.3 Å². The lowest BCUT2D eigenvalue weighted by Gasteiger charge is -2.28. The van der Waals surface area contributed by atoms with Gasteiger partial charge in [-0.1, -0.05) is 45.6 Å². The summed E-state index contributed by atoms with van der Waals surface area (Å²) in [7, 11) is 0. The molecule has 2 saturated carbocycles. The van der Waals surface area contributed by atoms with E-state index in [9.17, 15) is 0 Å². The number of aromatic nitrogens is 5. The fraction of sp³-hybridized carbons (Fsp3) is 0.529. The van der Waals surface area contributed by atoms with Crippen LogP contribution in [0.25, 0.3) is 22.3 Å². The molecule has 0 bridgehead atoms. The number of nitrogens with one attached hydrogen (secondary N) is 1. The van der Waals surface area contributed by atoms with Crippen molar-refractivity contribution in [3.05, 3.63) is 59.9 Å². The molecule has 2 atom stereocenters. The summed E-state index contributed by atoms with van der Waals surface area (Å²) in [4.78, 5) is 21.0. The van der Waals surface area contributed by atoms with Gasteiger partial charge in [0.1, 0.15) is 17.2 Å². The highest BCUT2D eigenvalue weighted by Gasteiger charge is 2.24. The van der Waals surface area contributed by atoms with Gasteiger partial charge in [-0.05, 0) is 94.3 Å². The molecule has 0 amide bonds. The Kier molecular flexibility index (Phi) is 8.79. The van der Waals surface area contributed by atoms with Gasteiger partial charge in [-0.3, -0.25) is 0 Å². The Morgan fingerprint density at radius 3 is 2.52 bits per heavy atom. The molecule has 6 rings (SSSR count). The highest BCUT2D eigenvalue weighted by atomic mass is 19.1. The van der Waals surface area contributed by atoms with Crippen LogP contribution in [-0.2, 0) is 6.42 Å². The van der Waals surface area contributed by atoms with Crippen LogP contribution in [0.3, 0.4) is 0 Å². The monoisotopic (exact) mass is 569 g/mol. The van der Waals surface area contributed by atoms with Crippen LogP contribution in [-0.4, -0.2) is 48.5 Å². The van der Waals surface area contributed by atoms with E-state index in [4.69, 9.17) is 4.98 Å². The van der Waals surface area contributed by atoms with Crippen molar-refractivity contribution in [1.29, 1.82) is 0 Å². The molecule has 2 fully saturated rings. The van der Waals surface area contributed by atoms with E-state index in [-0.39, 0.29) is 5.82 Å². The molecule has 3 aromatic heterocycles. The fourth-order valence-corrected chi connectivity index (χ4v) is 7.36. The molecule has 2 aliphatic carbocycles. The second-order valence-electron chi connectivity index (χ2n) is 12.2. The normalized spacial score (nSPS) is 19.9. The number of nitrogens with zero attached hydrogens (tertiary/aromatic N) is 6. The molecule has 4 aromatic rings. The summed E-state index contributed by atoms with van der Waals surface area (Å²) < 4.78 is 17.5. The van der Waals surface area contributed by atoms with Crippen LogP contribution in [0, 0.1) is 18.7 Å². The highest BCUT2D eigenvalue weighted by Crippen LogP contribution is 2.36. The van der Waals surface area contributed by atoms with Crippen molar-refractivity contribution in [2.75, 3.05) is 18.4 Å². The largest absolute Gasteiger partial charge is 0.325 e. The van der Waals surface area contributed by atoms with Crippen LogP contribution in [0.4, 0.5) is 16.2 Å². The summed E-state index contributed by atoms with van der Waals surface area (Å²) in [5.41, 5.74) is 3.95. The Labute approximate surface area is 249 Å². The molecule has 1 N–H and O–H groups in total. The zero-order valence-corrected chi connectivity index (χ0v) is 25.3. The highest BCUT2D eigenvalue weighted by molar-refractivity contribution is 5.83. The van der Waals surface area contributed by atoms with Crippen LogP contribution in [0.1, 0.15) is 89.1 Å². The standard InChI is InChI=1S/C34H44FN7/c1-4-41(5-2)27-12-8-9-24(13-15-27)19-25-14-16-32(37-22-25)40-34-36-18-17-30(39-34)26-20-29(35)33-31(21-26)42(23(3)38-33)28-10-6-7-11-28/h14,16-18,20-22,24,27-28H,4-13,15,19H2,1-3H3,(H,36,37,39,40). The molecule has 0 aliphatic heterocycles. The maximum Gasteiger partial charge on any atom is 0.228 e. The Morgan fingerprint density at radius 2 is 1.76 bits per heavy atom. The first-order valence-corrected chi connectivity index (χ1v) is 16.0. The van der Waals surface area contributed by atoms with Crippen molar-refractivity contribution in [3.8, 4) is 11.3 Å². The fourth-order valence-electron chi connectivity index (χ4n) is 7.36. The molecule has 1 aromatic carbocycles. The van der Waals surface area contributed by atoms with E-state index in [0.29, 0.717) is 29.0 Å².